The molecule has 0 saturated heterocycles. The molecule has 0 spiro atoms. The van der Waals surface area contributed by atoms with Crippen molar-refractivity contribution in [3.8, 4) is 11.1 Å². The van der Waals surface area contributed by atoms with E-state index in [0.717, 1.165) is 23.4 Å². The van der Waals surface area contributed by atoms with Crippen LogP contribution in [-0.2, 0) is 6.54 Å². The Labute approximate surface area is 89.5 Å². The van der Waals surface area contributed by atoms with E-state index in [0.29, 0.717) is 0 Å². The lowest BCUT2D eigenvalue weighted by Gasteiger charge is -2.03. The van der Waals surface area contributed by atoms with Gasteiger partial charge in [-0.15, -0.1) is 0 Å². The van der Waals surface area contributed by atoms with Crippen LogP contribution in [0.1, 0.15) is 12.5 Å². The fraction of sp³-hybridized carbons (Fsp3) is 0.250. The van der Waals surface area contributed by atoms with Gasteiger partial charge in [-0.05, 0) is 25.5 Å². The molecule has 2 rings (SSSR count). The number of rotatable bonds is 2. The number of benzene rings is 1. The summed E-state index contributed by atoms with van der Waals surface area (Å²) in [4.78, 5) is 0. The maximum Gasteiger partial charge on any atom is 0.0569 e. The third kappa shape index (κ3) is 1.86. The Balaban J connectivity index is 2.44. The van der Waals surface area contributed by atoms with Gasteiger partial charge in [-0.3, -0.25) is 4.68 Å². The van der Waals surface area contributed by atoms with Gasteiger partial charge in [-0.25, -0.2) is 0 Å². The Bertz CT molecular complexity index is 471. The number of aryl methyl sites for hydroxylation is 2. The molecular formula is C12H15N3. The molecule has 1 aromatic heterocycles. The molecule has 0 amide bonds. The van der Waals surface area contributed by atoms with Gasteiger partial charge in [0.15, 0.2) is 0 Å². The average Bonchev–Trinajstić information content (AvgIpc) is 2.66. The van der Waals surface area contributed by atoms with Crippen LogP contribution < -0.4 is 5.73 Å². The van der Waals surface area contributed by atoms with Gasteiger partial charge in [-0.2, -0.15) is 5.10 Å². The van der Waals surface area contributed by atoms with Crippen molar-refractivity contribution in [1.82, 2.24) is 9.78 Å². The molecule has 0 fully saturated rings. The van der Waals surface area contributed by atoms with Crippen LogP contribution in [0.2, 0.25) is 0 Å². The van der Waals surface area contributed by atoms with Crippen LogP contribution in [0.25, 0.3) is 11.1 Å². The molecule has 0 saturated carbocycles. The van der Waals surface area contributed by atoms with Crippen molar-refractivity contribution < 1.29 is 0 Å². The first-order chi connectivity index (χ1) is 7.20. The summed E-state index contributed by atoms with van der Waals surface area (Å²) in [6.45, 7) is 4.98. The number of anilines is 1. The Morgan fingerprint density at radius 3 is 2.80 bits per heavy atom. The highest BCUT2D eigenvalue weighted by Crippen LogP contribution is 2.25. The molecule has 0 aliphatic carbocycles. The van der Waals surface area contributed by atoms with Crippen LogP contribution in [0.15, 0.2) is 30.6 Å². The van der Waals surface area contributed by atoms with Crippen LogP contribution in [0.3, 0.4) is 0 Å². The van der Waals surface area contributed by atoms with E-state index >= 15 is 0 Å². The van der Waals surface area contributed by atoms with Crippen LogP contribution in [0, 0.1) is 6.92 Å². The molecule has 0 radical (unpaired) electrons. The summed E-state index contributed by atoms with van der Waals surface area (Å²) >= 11 is 0. The molecular weight excluding hydrogens is 186 g/mol. The van der Waals surface area contributed by atoms with Crippen molar-refractivity contribution in [3.05, 3.63) is 36.2 Å². The van der Waals surface area contributed by atoms with E-state index in [1.54, 1.807) is 0 Å². The second-order valence-electron chi connectivity index (χ2n) is 3.68. The molecule has 0 aliphatic rings. The molecule has 3 nitrogen and oxygen atoms in total. The predicted octanol–water partition coefficient (Wildman–Crippen LogP) is 2.46. The molecule has 3 heteroatoms. The number of nitrogens with two attached hydrogens (primary N) is 1. The number of nitrogens with zero attached hydrogens (tertiary/aromatic N) is 2. The van der Waals surface area contributed by atoms with E-state index in [1.165, 1.54) is 5.56 Å². The summed E-state index contributed by atoms with van der Waals surface area (Å²) < 4.78 is 1.90. The minimum absolute atomic E-state index is 0.811. The standard InChI is InChI=1S/C12H15N3/c1-3-15-8-10(7-14-15)11-5-4-9(2)6-12(11)13/h4-8H,3,13H2,1-2H3. The molecule has 2 aromatic rings. The van der Waals surface area contributed by atoms with Crippen molar-refractivity contribution >= 4 is 5.69 Å². The first-order valence-corrected chi connectivity index (χ1v) is 5.09. The SMILES string of the molecule is CCn1cc(-c2ccc(C)cc2N)cn1. The van der Waals surface area contributed by atoms with Crippen molar-refractivity contribution in [2.75, 3.05) is 5.73 Å². The zero-order valence-electron chi connectivity index (χ0n) is 9.07. The fourth-order valence-corrected chi connectivity index (χ4v) is 1.62. The summed E-state index contributed by atoms with van der Waals surface area (Å²) in [7, 11) is 0. The molecule has 1 heterocycles. The van der Waals surface area contributed by atoms with Crippen LogP contribution in [0.4, 0.5) is 5.69 Å². The minimum atomic E-state index is 0.811. The van der Waals surface area contributed by atoms with Gasteiger partial charge in [0.1, 0.15) is 0 Å². The molecule has 0 aliphatic heterocycles. The van der Waals surface area contributed by atoms with E-state index in [-0.39, 0.29) is 0 Å². The second-order valence-corrected chi connectivity index (χ2v) is 3.68. The highest BCUT2D eigenvalue weighted by atomic mass is 15.3. The average molecular weight is 201 g/mol. The van der Waals surface area contributed by atoms with Crippen LogP contribution in [0.5, 0.6) is 0 Å². The lowest BCUT2D eigenvalue weighted by atomic mass is 10.1. The summed E-state index contributed by atoms with van der Waals surface area (Å²) in [5, 5.41) is 4.24. The van der Waals surface area contributed by atoms with Crippen LogP contribution in [-0.4, -0.2) is 9.78 Å². The number of nitrogen functional groups attached to an aromatic ring is 1. The maximum absolute atomic E-state index is 5.97. The Morgan fingerprint density at radius 1 is 1.40 bits per heavy atom. The smallest absolute Gasteiger partial charge is 0.0569 e. The normalized spacial score (nSPS) is 10.5. The topological polar surface area (TPSA) is 43.8 Å². The molecule has 0 unspecified atom stereocenters. The van der Waals surface area contributed by atoms with E-state index < -0.39 is 0 Å². The monoisotopic (exact) mass is 201 g/mol. The van der Waals surface area contributed by atoms with Gasteiger partial charge >= 0.3 is 0 Å². The van der Waals surface area contributed by atoms with E-state index in [4.69, 9.17) is 5.73 Å². The summed E-state index contributed by atoms with van der Waals surface area (Å²) in [5.41, 5.74) is 10.1. The fourth-order valence-electron chi connectivity index (χ4n) is 1.62. The number of aromatic nitrogens is 2. The number of hydrogen-bond acceptors (Lipinski definition) is 2. The van der Waals surface area contributed by atoms with Crippen molar-refractivity contribution in [1.29, 1.82) is 0 Å². The van der Waals surface area contributed by atoms with E-state index in [2.05, 4.69) is 18.1 Å². The third-order valence-electron chi connectivity index (χ3n) is 2.48. The Morgan fingerprint density at radius 2 is 2.20 bits per heavy atom. The molecule has 0 bridgehead atoms. The van der Waals surface area contributed by atoms with Gasteiger partial charge in [0.05, 0.1) is 6.20 Å². The summed E-state index contributed by atoms with van der Waals surface area (Å²) in [6.07, 6.45) is 3.87. The summed E-state index contributed by atoms with van der Waals surface area (Å²) in [5.74, 6) is 0. The van der Waals surface area contributed by atoms with Gasteiger partial charge in [0, 0.05) is 29.6 Å². The minimum Gasteiger partial charge on any atom is -0.398 e. The maximum atomic E-state index is 5.97. The molecule has 0 atom stereocenters. The predicted molar refractivity (Wildman–Crippen MR) is 62.5 cm³/mol. The third-order valence-corrected chi connectivity index (χ3v) is 2.48. The summed E-state index contributed by atoms with van der Waals surface area (Å²) in [6, 6.07) is 6.09. The van der Waals surface area contributed by atoms with E-state index in [9.17, 15) is 0 Å². The van der Waals surface area contributed by atoms with Crippen LogP contribution >= 0.6 is 0 Å². The largest absolute Gasteiger partial charge is 0.398 e. The van der Waals surface area contributed by atoms with Crippen molar-refractivity contribution in [3.63, 3.8) is 0 Å². The van der Waals surface area contributed by atoms with Gasteiger partial charge in [0.2, 0.25) is 0 Å². The first kappa shape index (κ1) is 9.77. The highest BCUT2D eigenvalue weighted by molar-refractivity contribution is 5.75. The van der Waals surface area contributed by atoms with E-state index in [1.807, 2.05) is 36.1 Å². The molecule has 78 valence electrons. The Hall–Kier alpha value is -1.77. The molecule has 1 aromatic carbocycles. The zero-order chi connectivity index (χ0) is 10.8. The Kier molecular flexibility index (Phi) is 2.46. The zero-order valence-corrected chi connectivity index (χ0v) is 9.07. The lowest BCUT2D eigenvalue weighted by molar-refractivity contribution is 0.660. The lowest BCUT2D eigenvalue weighted by Crippen LogP contribution is -1.92. The molecule has 2 N–H and O–H groups in total. The van der Waals surface area contributed by atoms with Gasteiger partial charge in [-0.1, -0.05) is 12.1 Å². The first-order valence-electron chi connectivity index (χ1n) is 5.09. The second kappa shape index (κ2) is 3.77. The highest BCUT2D eigenvalue weighted by Gasteiger charge is 2.04. The van der Waals surface area contributed by atoms with Gasteiger partial charge < -0.3 is 5.73 Å². The van der Waals surface area contributed by atoms with Gasteiger partial charge in [0.25, 0.3) is 0 Å². The van der Waals surface area contributed by atoms with Crippen molar-refractivity contribution in [2.45, 2.75) is 20.4 Å². The quantitative estimate of drug-likeness (QED) is 0.758. The number of hydrogen-bond donors (Lipinski definition) is 1. The van der Waals surface area contributed by atoms with Crippen molar-refractivity contribution in [2.24, 2.45) is 0 Å². The molecule has 15 heavy (non-hydrogen) atoms.